The normalized spacial score (nSPS) is 31.7. The largest absolute Gasteiger partial charge is 0.371 e. The lowest BCUT2D eigenvalue weighted by molar-refractivity contribution is 0.0211. The molecule has 0 aliphatic carbocycles. The van der Waals surface area contributed by atoms with E-state index in [1.54, 1.807) is 0 Å². The van der Waals surface area contributed by atoms with Gasteiger partial charge in [-0.25, -0.2) is 0 Å². The molecule has 76 valence electrons. The number of nitrogens with one attached hydrogen (secondary N) is 1. The van der Waals surface area contributed by atoms with Gasteiger partial charge in [0.15, 0.2) is 0 Å². The first-order valence-electron chi connectivity index (χ1n) is 5.36. The molecular formula is C11H15NOS. The van der Waals surface area contributed by atoms with Crippen LogP contribution < -0.4 is 5.32 Å². The van der Waals surface area contributed by atoms with Gasteiger partial charge in [0.25, 0.3) is 0 Å². The third kappa shape index (κ3) is 1.40. The molecule has 1 aromatic rings. The van der Waals surface area contributed by atoms with Crippen LogP contribution in [0.4, 0.5) is 0 Å². The molecule has 2 unspecified atom stereocenters. The molecule has 2 atom stereocenters. The van der Waals surface area contributed by atoms with Crippen molar-refractivity contribution in [3.63, 3.8) is 0 Å². The lowest BCUT2D eigenvalue weighted by Gasteiger charge is -2.28. The summed E-state index contributed by atoms with van der Waals surface area (Å²) in [5.74, 6) is 0. The van der Waals surface area contributed by atoms with E-state index in [-0.39, 0.29) is 0 Å². The van der Waals surface area contributed by atoms with Gasteiger partial charge in [0.2, 0.25) is 0 Å². The SMILES string of the molecule is c1cc2c(s1)CCOC2C1CCCN1. The molecule has 3 heterocycles. The maximum Gasteiger partial charge on any atom is 0.0988 e. The smallest absolute Gasteiger partial charge is 0.0988 e. The molecule has 1 saturated heterocycles. The van der Waals surface area contributed by atoms with Crippen LogP contribution in [0.1, 0.15) is 29.4 Å². The van der Waals surface area contributed by atoms with E-state index in [2.05, 4.69) is 16.8 Å². The number of fused-ring (bicyclic) bond motifs is 1. The number of ether oxygens (including phenoxy) is 1. The molecule has 1 aromatic heterocycles. The highest BCUT2D eigenvalue weighted by Crippen LogP contribution is 2.35. The highest BCUT2D eigenvalue weighted by Gasteiger charge is 2.31. The van der Waals surface area contributed by atoms with Gasteiger partial charge < -0.3 is 10.1 Å². The van der Waals surface area contributed by atoms with Gasteiger partial charge in [-0.05, 0) is 36.4 Å². The molecule has 0 amide bonds. The van der Waals surface area contributed by atoms with Crippen LogP contribution in [-0.2, 0) is 11.2 Å². The summed E-state index contributed by atoms with van der Waals surface area (Å²) < 4.78 is 5.89. The highest BCUT2D eigenvalue weighted by molar-refractivity contribution is 7.10. The van der Waals surface area contributed by atoms with Gasteiger partial charge >= 0.3 is 0 Å². The summed E-state index contributed by atoms with van der Waals surface area (Å²) in [6.45, 7) is 2.06. The lowest BCUT2D eigenvalue weighted by atomic mass is 9.99. The predicted molar refractivity (Wildman–Crippen MR) is 57.7 cm³/mol. The Bertz CT molecular complexity index is 317. The molecule has 3 heteroatoms. The summed E-state index contributed by atoms with van der Waals surface area (Å²) in [5.41, 5.74) is 1.45. The fourth-order valence-electron chi connectivity index (χ4n) is 2.48. The maximum absolute atomic E-state index is 5.89. The third-order valence-corrected chi connectivity index (χ3v) is 4.17. The Morgan fingerprint density at radius 3 is 3.36 bits per heavy atom. The summed E-state index contributed by atoms with van der Waals surface area (Å²) in [6, 6.07) is 2.80. The van der Waals surface area contributed by atoms with Gasteiger partial charge in [0.05, 0.1) is 12.7 Å². The minimum atomic E-state index is 0.326. The van der Waals surface area contributed by atoms with E-state index < -0.39 is 0 Å². The van der Waals surface area contributed by atoms with E-state index in [4.69, 9.17) is 4.74 Å². The van der Waals surface area contributed by atoms with Crippen LogP contribution in [0, 0.1) is 0 Å². The van der Waals surface area contributed by atoms with Crippen molar-refractivity contribution in [2.45, 2.75) is 31.4 Å². The Labute approximate surface area is 88.3 Å². The lowest BCUT2D eigenvalue weighted by Crippen LogP contribution is -2.33. The molecular weight excluding hydrogens is 194 g/mol. The van der Waals surface area contributed by atoms with E-state index in [9.17, 15) is 0 Å². The molecule has 14 heavy (non-hydrogen) atoms. The van der Waals surface area contributed by atoms with Crippen molar-refractivity contribution in [2.75, 3.05) is 13.2 Å². The summed E-state index contributed by atoms with van der Waals surface area (Å²) in [5, 5.41) is 5.73. The fourth-order valence-corrected chi connectivity index (χ4v) is 3.38. The molecule has 0 saturated carbocycles. The Balaban J connectivity index is 1.88. The summed E-state index contributed by atoms with van der Waals surface area (Å²) in [4.78, 5) is 1.54. The first kappa shape index (κ1) is 8.89. The molecule has 0 aromatic carbocycles. The van der Waals surface area contributed by atoms with Crippen LogP contribution >= 0.6 is 11.3 Å². The minimum Gasteiger partial charge on any atom is -0.371 e. The van der Waals surface area contributed by atoms with Crippen LogP contribution in [0.3, 0.4) is 0 Å². The Hall–Kier alpha value is -0.380. The first-order chi connectivity index (χ1) is 6.95. The molecule has 2 aliphatic heterocycles. The van der Waals surface area contributed by atoms with E-state index in [1.165, 1.54) is 23.3 Å². The summed E-state index contributed by atoms with van der Waals surface area (Å²) >= 11 is 1.88. The van der Waals surface area contributed by atoms with Crippen molar-refractivity contribution in [1.29, 1.82) is 0 Å². The second-order valence-corrected chi connectivity index (χ2v) is 5.04. The van der Waals surface area contributed by atoms with Crippen molar-refractivity contribution in [3.8, 4) is 0 Å². The standard InChI is InChI=1S/C11H15NOS/c1-2-9(12-5-1)11-8-4-7-14-10(8)3-6-13-11/h4,7,9,11-12H,1-3,5-6H2. The van der Waals surface area contributed by atoms with Gasteiger partial charge in [0.1, 0.15) is 0 Å². The molecule has 0 radical (unpaired) electrons. The minimum absolute atomic E-state index is 0.326. The summed E-state index contributed by atoms with van der Waals surface area (Å²) in [7, 11) is 0. The van der Waals surface area contributed by atoms with Crippen molar-refractivity contribution in [3.05, 3.63) is 21.9 Å². The molecule has 1 fully saturated rings. The fraction of sp³-hybridized carbons (Fsp3) is 0.636. The Morgan fingerprint density at radius 1 is 1.50 bits per heavy atom. The number of rotatable bonds is 1. The second-order valence-electron chi connectivity index (χ2n) is 4.04. The zero-order valence-corrected chi connectivity index (χ0v) is 8.98. The Morgan fingerprint density at radius 2 is 2.50 bits per heavy atom. The van der Waals surface area contributed by atoms with E-state index in [1.807, 2.05) is 11.3 Å². The molecule has 2 aliphatic rings. The van der Waals surface area contributed by atoms with Crippen molar-refractivity contribution < 1.29 is 4.74 Å². The van der Waals surface area contributed by atoms with Crippen LogP contribution in [-0.4, -0.2) is 19.2 Å². The van der Waals surface area contributed by atoms with Gasteiger partial charge in [0, 0.05) is 17.3 Å². The zero-order chi connectivity index (χ0) is 9.38. The Kier molecular flexibility index (Phi) is 2.32. The molecule has 3 rings (SSSR count). The second kappa shape index (κ2) is 3.65. The van der Waals surface area contributed by atoms with Crippen LogP contribution in [0.15, 0.2) is 11.4 Å². The molecule has 2 nitrogen and oxygen atoms in total. The number of hydrogen-bond donors (Lipinski definition) is 1. The van der Waals surface area contributed by atoms with Gasteiger partial charge in [-0.15, -0.1) is 11.3 Å². The average molecular weight is 209 g/mol. The first-order valence-corrected chi connectivity index (χ1v) is 6.24. The maximum atomic E-state index is 5.89. The van der Waals surface area contributed by atoms with Crippen LogP contribution in [0.2, 0.25) is 0 Å². The van der Waals surface area contributed by atoms with Gasteiger partial charge in [-0.2, -0.15) is 0 Å². The van der Waals surface area contributed by atoms with E-state index in [0.29, 0.717) is 12.1 Å². The molecule has 0 bridgehead atoms. The number of thiophene rings is 1. The quantitative estimate of drug-likeness (QED) is 0.765. The van der Waals surface area contributed by atoms with E-state index in [0.717, 1.165) is 19.6 Å². The monoisotopic (exact) mass is 209 g/mol. The molecule has 1 N–H and O–H groups in total. The average Bonchev–Trinajstić information content (AvgIpc) is 2.88. The van der Waals surface area contributed by atoms with Crippen LogP contribution in [0.25, 0.3) is 0 Å². The highest BCUT2D eigenvalue weighted by atomic mass is 32.1. The van der Waals surface area contributed by atoms with Gasteiger partial charge in [-0.3, -0.25) is 0 Å². The topological polar surface area (TPSA) is 21.3 Å². The van der Waals surface area contributed by atoms with Crippen LogP contribution in [0.5, 0.6) is 0 Å². The molecule has 0 spiro atoms. The zero-order valence-electron chi connectivity index (χ0n) is 8.16. The van der Waals surface area contributed by atoms with Crippen molar-refractivity contribution >= 4 is 11.3 Å². The third-order valence-electron chi connectivity index (χ3n) is 3.18. The number of hydrogen-bond acceptors (Lipinski definition) is 3. The van der Waals surface area contributed by atoms with Crippen molar-refractivity contribution in [1.82, 2.24) is 5.32 Å². The summed E-state index contributed by atoms with van der Waals surface area (Å²) in [6.07, 6.45) is 3.99. The van der Waals surface area contributed by atoms with E-state index >= 15 is 0 Å². The van der Waals surface area contributed by atoms with Crippen molar-refractivity contribution in [2.24, 2.45) is 0 Å². The predicted octanol–water partition coefficient (Wildman–Crippen LogP) is 2.11. The van der Waals surface area contributed by atoms with Gasteiger partial charge in [-0.1, -0.05) is 0 Å².